The molecule has 8 nitrogen and oxygen atoms in total. The minimum atomic E-state index is -1.65. The molecule has 0 saturated carbocycles. The quantitative estimate of drug-likeness (QED) is 0.268. The summed E-state index contributed by atoms with van der Waals surface area (Å²) in [5.74, 6) is 0.516. The molecule has 0 aliphatic rings. The summed E-state index contributed by atoms with van der Waals surface area (Å²) in [6.07, 6.45) is -5.28. The SMILES string of the molecule is CCCOc1cc(NCC(O)C(O)C(O)C(O)CO)ccc1N. The normalized spacial score (nSPS) is 16.4. The van der Waals surface area contributed by atoms with Crippen LogP contribution in [0.1, 0.15) is 13.3 Å². The molecule has 1 rings (SSSR count). The number of nitrogen functional groups attached to an aromatic ring is 1. The van der Waals surface area contributed by atoms with Gasteiger partial charge >= 0.3 is 0 Å². The largest absolute Gasteiger partial charge is 0.491 e. The van der Waals surface area contributed by atoms with E-state index in [0.717, 1.165) is 6.42 Å². The van der Waals surface area contributed by atoms with Gasteiger partial charge in [0, 0.05) is 18.3 Å². The Morgan fingerprint density at radius 3 is 2.39 bits per heavy atom. The maximum absolute atomic E-state index is 9.84. The Balaban J connectivity index is 2.60. The highest BCUT2D eigenvalue weighted by molar-refractivity contribution is 5.61. The molecular weight excluding hydrogens is 304 g/mol. The number of ether oxygens (including phenoxy) is 1. The van der Waals surface area contributed by atoms with Gasteiger partial charge in [-0.05, 0) is 18.6 Å². The van der Waals surface area contributed by atoms with Gasteiger partial charge in [0.25, 0.3) is 0 Å². The van der Waals surface area contributed by atoms with E-state index < -0.39 is 31.0 Å². The first-order valence-corrected chi connectivity index (χ1v) is 7.50. The van der Waals surface area contributed by atoms with Gasteiger partial charge in [-0.3, -0.25) is 0 Å². The summed E-state index contributed by atoms with van der Waals surface area (Å²) in [6, 6.07) is 5.01. The number of nitrogens with one attached hydrogen (secondary N) is 1. The van der Waals surface area contributed by atoms with Crippen molar-refractivity contribution in [1.29, 1.82) is 0 Å². The van der Waals surface area contributed by atoms with Gasteiger partial charge in [-0.1, -0.05) is 6.92 Å². The van der Waals surface area contributed by atoms with Gasteiger partial charge in [0.2, 0.25) is 0 Å². The second-order valence-corrected chi connectivity index (χ2v) is 5.28. The number of anilines is 2. The first-order chi connectivity index (χ1) is 10.9. The molecule has 23 heavy (non-hydrogen) atoms. The van der Waals surface area contributed by atoms with Crippen LogP contribution in [0, 0.1) is 0 Å². The fraction of sp³-hybridized carbons (Fsp3) is 0.600. The highest BCUT2D eigenvalue weighted by Crippen LogP contribution is 2.25. The molecule has 0 aliphatic carbocycles. The standard InChI is InChI=1S/C15H26N2O6/c1-2-5-23-13-6-9(3-4-10(13)16)17-7-11(19)14(21)15(22)12(20)8-18/h3-4,6,11-12,14-15,17-22H,2,5,7-8,16H2,1H3. The lowest BCUT2D eigenvalue weighted by Gasteiger charge is -2.26. The summed E-state index contributed by atoms with van der Waals surface area (Å²) in [7, 11) is 0. The van der Waals surface area contributed by atoms with Gasteiger partial charge in [-0.2, -0.15) is 0 Å². The fourth-order valence-corrected chi connectivity index (χ4v) is 1.89. The van der Waals surface area contributed by atoms with Crippen LogP contribution in [0.25, 0.3) is 0 Å². The second kappa shape index (κ2) is 9.53. The van der Waals surface area contributed by atoms with Crippen molar-refractivity contribution in [3.63, 3.8) is 0 Å². The molecule has 0 aliphatic heterocycles. The van der Waals surface area contributed by atoms with Crippen molar-refractivity contribution in [2.45, 2.75) is 37.8 Å². The molecule has 0 aromatic heterocycles. The summed E-state index contributed by atoms with van der Waals surface area (Å²) in [5.41, 5.74) is 6.91. The third kappa shape index (κ3) is 5.85. The molecule has 8 N–H and O–H groups in total. The topological polar surface area (TPSA) is 148 Å². The summed E-state index contributed by atoms with van der Waals surface area (Å²) in [5, 5.41) is 50.0. The van der Waals surface area contributed by atoms with Crippen molar-refractivity contribution >= 4 is 11.4 Å². The Hall–Kier alpha value is -1.58. The first kappa shape index (κ1) is 19.5. The predicted octanol–water partition coefficient (Wildman–Crippen LogP) is -1.09. The van der Waals surface area contributed by atoms with E-state index >= 15 is 0 Å². The van der Waals surface area contributed by atoms with E-state index in [-0.39, 0.29) is 6.54 Å². The average Bonchev–Trinajstić information content (AvgIpc) is 2.57. The molecule has 0 heterocycles. The Bertz CT molecular complexity index is 473. The maximum atomic E-state index is 9.84. The van der Waals surface area contributed by atoms with E-state index in [1.165, 1.54) is 0 Å². The molecule has 0 fully saturated rings. The average molecular weight is 330 g/mol. The zero-order valence-corrected chi connectivity index (χ0v) is 13.1. The zero-order valence-electron chi connectivity index (χ0n) is 13.1. The summed E-state index contributed by atoms with van der Waals surface area (Å²) in [4.78, 5) is 0. The monoisotopic (exact) mass is 330 g/mol. The van der Waals surface area contributed by atoms with Gasteiger partial charge in [0.1, 0.15) is 24.1 Å². The lowest BCUT2D eigenvalue weighted by Crippen LogP contribution is -2.48. The van der Waals surface area contributed by atoms with Crippen LogP contribution in [0.2, 0.25) is 0 Å². The Morgan fingerprint density at radius 2 is 1.78 bits per heavy atom. The van der Waals surface area contributed by atoms with E-state index in [4.69, 9.17) is 15.6 Å². The lowest BCUT2D eigenvalue weighted by atomic mass is 10.0. The van der Waals surface area contributed by atoms with E-state index in [0.29, 0.717) is 23.7 Å². The van der Waals surface area contributed by atoms with Crippen LogP contribution in [0.5, 0.6) is 5.75 Å². The van der Waals surface area contributed by atoms with Crippen molar-refractivity contribution < 1.29 is 30.3 Å². The molecule has 0 bridgehead atoms. The molecule has 8 heteroatoms. The number of nitrogens with two attached hydrogens (primary N) is 1. The van der Waals surface area contributed by atoms with Gasteiger partial charge in [0.05, 0.1) is 25.0 Å². The predicted molar refractivity (Wildman–Crippen MR) is 86.2 cm³/mol. The van der Waals surface area contributed by atoms with Crippen LogP contribution >= 0.6 is 0 Å². The van der Waals surface area contributed by atoms with E-state index in [1.807, 2.05) is 6.92 Å². The van der Waals surface area contributed by atoms with Crippen LogP contribution in [-0.2, 0) is 0 Å². The number of hydrogen-bond acceptors (Lipinski definition) is 8. The molecule has 1 aromatic rings. The molecule has 0 saturated heterocycles. The molecule has 0 spiro atoms. The van der Waals surface area contributed by atoms with Crippen molar-refractivity contribution in [3.05, 3.63) is 18.2 Å². The number of aliphatic hydroxyl groups is 5. The number of aliphatic hydroxyl groups excluding tert-OH is 5. The van der Waals surface area contributed by atoms with Gasteiger partial charge in [0.15, 0.2) is 0 Å². The lowest BCUT2D eigenvalue weighted by molar-refractivity contribution is -0.111. The number of rotatable bonds is 10. The van der Waals surface area contributed by atoms with Crippen LogP contribution < -0.4 is 15.8 Å². The van der Waals surface area contributed by atoms with E-state index in [1.54, 1.807) is 18.2 Å². The Labute approximate surface area is 135 Å². The molecular formula is C15H26N2O6. The number of hydrogen-bond donors (Lipinski definition) is 7. The molecule has 4 unspecified atom stereocenters. The van der Waals surface area contributed by atoms with Crippen LogP contribution in [0.3, 0.4) is 0 Å². The Kier molecular flexibility index (Phi) is 8.07. The van der Waals surface area contributed by atoms with Crippen molar-refractivity contribution in [1.82, 2.24) is 0 Å². The van der Waals surface area contributed by atoms with Gasteiger partial charge in [-0.15, -0.1) is 0 Å². The van der Waals surface area contributed by atoms with Crippen molar-refractivity contribution in [2.24, 2.45) is 0 Å². The van der Waals surface area contributed by atoms with E-state index in [9.17, 15) is 20.4 Å². The highest BCUT2D eigenvalue weighted by atomic mass is 16.5. The van der Waals surface area contributed by atoms with E-state index in [2.05, 4.69) is 5.32 Å². The van der Waals surface area contributed by atoms with Gasteiger partial charge < -0.3 is 41.3 Å². The first-order valence-electron chi connectivity index (χ1n) is 7.50. The molecule has 0 radical (unpaired) electrons. The molecule has 4 atom stereocenters. The number of benzene rings is 1. The highest BCUT2D eigenvalue weighted by Gasteiger charge is 2.29. The van der Waals surface area contributed by atoms with Crippen LogP contribution in [0.15, 0.2) is 18.2 Å². The second-order valence-electron chi connectivity index (χ2n) is 5.28. The molecule has 0 amide bonds. The third-order valence-corrected chi connectivity index (χ3v) is 3.32. The van der Waals surface area contributed by atoms with Gasteiger partial charge in [-0.25, -0.2) is 0 Å². The van der Waals surface area contributed by atoms with Crippen molar-refractivity contribution in [3.8, 4) is 5.75 Å². The zero-order chi connectivity index (χ0) is 17.4. The maximum Gasteiger partial charge on any atom is 0.144 e. The van der Waals surface area contributed by atoms with Crippen LogP contribution in [-0.4, -0.2) is 69.7 Å². The summed E-state index contributed by atoms with van der Waals surface area (Å²) in [6.45, 7) is 1.71. The molecule has 132 valence electrons. The minimum Gasteiger partial charge on any atom is -0.491 e. The summed E-state index contributed by atoms with van der Waals surface area (Å²) >= 11 is 0. The Morgan fingerprint density at radius 1 is 1.13 bits per heavy atom. The third-order valence-electron chi connectivity index (χ3n) is 3.32. The molecule has 1 aromatic carbocycles. The fourth-order valence-electron chi connectivity index (χ4n) is 1.89. The summed E-state index contributed by atoms with van der Waals surface area (Å²) < 4.78 is 5.49. The minimum absolute atomic E-state index is 0.0759. The smallest absolute Gasteiger partial charge is 0.144 e. The van der Waals surface area contributed by atoms with Crippen molar-refractivity contribution in [2.75, 3.05) is 30.8 Å². The van der Waals surface area contributed by atoms with Crippen LogP contribution in [0.4, 0.5) is 11.4 Å².